The minimum atomic E-state index is -3.21. The Labute approximate surface area is 98.9 Å². The molecule has 0 saturated carbocycles. The molecule has 0 fully saturated rings. The van der Waals surface area contributed by atoms with Gasteiger partial charge in [-0.25, -0.2) is 13.4 Å². The monoisotopic (exact) mass is 250 g/mol. The second kappa shape index (κ2) is 3.33. The van der Waals surface area contributed by atoms with Crippen LogP contribution in [0.4, 0.5) is 5.69 Å². The van der Waals surface area contributed by atoms with Crippen molar-refractivity contribution in [3.05, 3.63) is 30.5 Å². The maximum atomic E-state index is 11.5. The van der Waals surface area contributed by atoms with E-state index in [1.807, 2.05) is 12.3 Å². The molecule has 3 rings (SSSR count). The van der Waals surface area contributed by atoms with Gasteiger partial charge >= 0.3 is 6.02 Å². The highest BCUT2D eigenvalue weighted by Gasteiger charge is 2.28. The number of sulfone groups is 1. The summed E-state index contributed by atoms with van der Waals surface area (Å²) in [6.07, 6.45) is 4.90. The van der Waals surface area contributed by atoms with Crippen molar-refractivity contribution in [3.8, 4) is 5.75 Å². The highest BCUT2D eigenvalue weighted by atomic mass is 32.2. The lowest BCUT2D eigenvalue weighted by Crippen LogP contribution is -2.26. The lowest BCUT2D eigenvalue weighted by Gasteiger charge is -2.14. The molecule has 17 heavy (non-hydrogen) atoms. The summed E-state index contributed by atoms with van der Waals surface area (Å²) < 4.78 is 28.5. The van der Waals surface area contributed by atoms with Crippen molar-refractivity contribution in [2.75, 3.05) is 17.7 Å². The largest absolute Gasteiger partial charge is 0.423 e. The quantitative estimate of drug-likeness (QED) is 0.750. The van der Waals surface area contributed by atoms with Crippen molar-refractivity contribution < 1.29 is 13.2 Å². The number of fused-ring (bicyclic) bond motifs is 3. The van der Waals surface area contributed by atoms with E-state index in [0.29, 0.717) is 24.0 Å². The standard InChI is InChI=1S/C11H10N2O3S/c1-17(14,15)8-3-4-10-9(7-8)13-6-2-5-12-11(13)16-10/h2-4,6-7H,5H2,1H3. The van der Waals surface area contributed by atoms with Gasteiger partial charge in [-0.1, -0.05) is 0 Å². The van der Waals surface area contributed by atoms with Crippen LogP contribution in [0.3, 0.4) is 0 Å². The third kappa shape index (κ3) is 1.61. The molecule has 1 aromatic carbocycles. The zero-order chi connectivity index (χ0) is 12.0. The van der Waals surface area contributed by atoms with Crippen LogP contribution in [0.15, 0.2) is 40.4 Å². The van der Waals surface area contributed by atoms with Crippen molar-refractivity contribution in [1.82, 2.24) is 0 Å². The topological polar surface area (TPSA) is 59.0 Å². The summed E-state index contributed by atoms with van der Waals surface area (Å²) in [7, 11) is -3.21. The lowest BCUT2D eigenvalue weighted by molar-refractivity contribution is 0.561. The Hall–Kier alpha value is -1.82. The predicted molar refractivity (Wildman–Crippen MR) is 64.1 cm³/mol. The third-order valence-electron chi connectivity index (χ3n) is 2.61. The number of hydrogen-bond donors (Lipinski definition) is 0. The molecule has 0 atom stereocenters. The summed E-state index contributed by atoms with van der Waals surface area (Å²) in [6.45, 7) is 0.582. The van der Waals surface area contributed by atoms with E-state index in [0.717, 1.165) is 0 Å². The Morgan fingerprint density at radius 3 is 3.00 bits per heavy atom. The maximum Gasteiger partial charge on any atom is 0.302 e. The average Bonchev–Trinajstić information content (AvgIpc) is 2.65. The van der Waals surface area contributed by atoms with Gasteiger partial charge in [0.05, 0.1) is 17.1 Å². The number of nitrogens with zero attached hydrogens (tertiary/aromatic N) is 2. The van der Waals surface area contributed by atoms with E-state index in [-0.39, 0.29) is 4.90 Å². The molecule has 5 nitrogen and oxygen atoms in total. The van der Waals surface area contributed by atoms with Gasteiger partial charge in [0.25, 0.3) is 0 Å². The van der Waals surface area contributed by atoms with Gasteiger partial charge in [-0.05, 0) is 24.3 Å². The first-order chi connectivity index (χ1) is 8.05. The Balaban J connectivity index is 2.15. The second-order valence-corrected chi connectivity index (χ2v) is 5.90. The minimum absolute atomic E-state index is 0.278. The van der Waals surface area contributed by atoms with Crippen LogP contribution >= 0.6 is 0 Å². The summed E-state index contributed by atoms with van der Waals surface area (Å²) in [5, 5.41) is 0. The number of hydrogen-bond acceptors (Lipinski definition) is 5. The molecule has 1 aromatic rings. The summed E-state index contributed by atoms with van der Waals surface area (Å²) in [5.74, 6) is 0.628. The van der Waals surface area contributed by atoms with E-state index in [9.17, 15) is 8.42 Å². The van der Waals surface area contributed by atoms with Crippen LogP contribution in [-0.4, -0.2) is 27.2 Å². The first-order valence-corrected chi connectivity index (χ1v) is 6.97. The fourth-order valence-electron chi connectivity index (χ4n) is 1.79. The Bertz CT molecular complexity index is 647. The minimum Gasteiger partial charge on any atom is -0.423 e. The number of anilines is 1. The van der Waals surface area contributed by atoms with E-state index in [2.05, 4.69) is 4.99 Å². The smallest absolute Gasteiger partial charge is 0.302 e. The number of benzene rings is 1. The van der Waals surface area contributed by atoms with Gasteiger partial charge in [-0.3, -0.25) is 4.90 Å². The van der Waals surface area contributed by atoms with E-state index < -0.39 is 9.84 Å². The van der Waals surface area contributed by atoms with Crippen LogP contribution in [0.1, 0.15) is 0 Å². The van der Waals surface area contributed by atoms with Gasteiger partial charge in [0.15, 0.2) is 15.6 Å². The van der Waals surface area contributed by atoms with Crippen molar-refractivity contribution in [1.29, 1.82) is 0 Å². The van der Waals surface area contributed by atoms with Crippen LogP contribution in [-0.2, 0) is 9.84 Å². The predicted octanol–water partition coefficient (Wildman–Crippen LogP) is 1.17. The molecule has 0 N–H and O–H groups in total. The van der Waals surface area contributed by atoms with E-state index in [4.69, 9.17) is 4.74 Å². The molecule has 0 bridgehead atoms. The molecule has 0 unspecified atom stereocenters. The second-order valence-electron chi connectivity index (χ2n) is 3.88. The first-order valence-electron chi connectivity index (χ1n) is 5.08. The molecule has 2 heterocycles. The molecule has 0 spiro atoms. The van der Waals surface area contributed by atoms with E-state index in [1.54, 1.807) is 17.0 Å². The van der Waals surface area contributed by atoms with Gasteiger partial charge in [-0.2, -0.15) is 0 Å². The van der Waals surface area contributed by atoms with Crippen molar-refractivity contribution in [3.63, 3.8) is 0 Å². The molecule has 0 radical (unpaired) electrons. The van der Waals surface area contributed by atoms with E-state index >= 15 is 0 Å². The molecule has 0 saturated heterocycles. The summed E-state index contributed by atoms with van der Waals surface area (Å²) >= 11 is 0. The molecule has 6 heteroatoms. The van der Waals surface area contributed by atoms with Crippen molar-refractivity contribution >= 4 is 21.5 Å². The Kier molecular flexibility index (Phi) is 2.03. The maximum absolute atomic E-state index is 11.5. The SMILES string of the molecule is CS(=O)(=O)c1ccc2c(c1)N1C=CCN=C1O2. The third-order valence-corrected chi connectivity index (χ3v) is 3.72. The first kappa shape index (κ1) is 10.3. The molecule has 2 aliphatic rings. The fraction of sp³-hybridized carbons (Fsp3) is 0.182. The van der Waals surface area contributed by atoms with Gasteiger partial charge in [0.1, 0.15) is 0 Å². The van der Waals surface area contributed by atoms with Crippen LogP contribution in [0.25, 0.3) is 0 Å². The molecular weight excluding hydrogens is 240 g/mol. The molecule has 2 aliphatic heterocycles. The average molecular weight is 250 g/mol. The van der Waals surface area contributed by atoms with Gasteiger partial charge in [0, 0.05) is 12.5 Å². The molecule has 88 valence electrons. The van der Waals surface area contributed by atoms with E-state index in [1.165, 1.54) is 12.3 Å². The Morgan fingerprint density at radius 1 is 1.41 bits per heavy atom. The normalized spacial score (nSPS) is 17.2. The summed E-state index contributed by atoms with van der Waals surface area (Å²) in [5.41, 5.74) is 0.711. The molecular formula is C11H10N2O3S. The molecule has 0 amide bonds. The van der Waals surface area contributed by atoms with Gasteiger partial charge in [-0.15, -0.1) is 0 Å². The highest BCUT2D eigenvalue weighted by Crippen LogP contribution is 2.37. The number of rotatable bonds is 1. The lowest BCUT2D eigenvalue weighted by atomic mass is 10.3. The summed E-state index contributed by atoms with van der Waals surface area (Å²) in [4.78, 5) is 6.20. The van der Waals surface area contributed by atoms with Crippen molar-refractivity contribution in [2.45, 2.75) is 4.90 Å². The van der Waals surface area contributed by atoms with Crippen molar-refractivity contribution in [2.24, 2.45) is 4.99 Å². The number of ether oxygens (including phenoxy) is 1. The van der Waals surface area contributed by atoms with Gasteiger partial charge < -0.3 is 4.74 Å². The zero-order valence-corrected chi connectivity index (χ0v) is 9.94. The summed E-state index contributed by atoms with van der Waals surface area (Å²) in [6, 6.07) is 5.29. The molecule has 0 aromatic heterocycles. The van der Waals surface area contributed by atoms with Crippen LogP contribution < -0.4 is 9.64 Å². The highest BCUT2D eigenvalue weighted by molar-refractivity contribution is 7.90. The number of amidine groups is 1. The fourth-order valence-corrected chi connectivity index (χ4v) is 2.43. The Morgan fingerprint density at radius 2 is 2.24 bits per heavy atom. The van der Waals surface area contributed by atoms with Gasteiger partial charge in [0.2, 0.25) is 0 Å². The van der Waals surface area contributed by atoms with Crippen LogP contribution in [0.2, 0.25) is 0 Å². The van der Waals surface area contributed by atoms with Crippen LogP contribution in [0, 0.1) is 0 Å². The van der Waals surface area contributed by atoms with Crippen LogP contribution in [0.5, 0.6) is 5.75 Å². The zero-order valence-electron chi connectivity index (χ0n) is 9.12. The molecule has 0 aliphatic carbocycles. The number of aliphatic imine (C=N–C) groups is 1.